The van der Waals surface area contributed by atoms with Crippen LogP contribution in [0.4, 0.5) is 0 Å². The van der Waals surface area contributed by atoms with E-state index in [9.17, 15) is 0 Å². The molecule has 0 aromatic carbocycles. The first-order valence-electron chi connectivity index (χ1n) is 7.87. The second-order valence-electron chi connectivity index (χ2n) is 6.83. The number of hydrogen-bond acceptors (Lipinski definition) is 2. The minimum atomic E-state index is 0.762. The van der Waals surface area contributed by atoms with Crippen molar-refractivity contribution in [1.29, 1.82) is 0 Å². The van der Waals surface area contributed by atoms with Gasteiger partial charge in [-0.15, -0.1) is 0 Å². The molecule has 1 N–H and O–H groups in total. The van der Waals surface area contributed by atoms with Crippen molar-refractivity contribution in [3.05, 3.63) is 22.4 Å². The number of thiophene rings is 1. The first-order chi connectivity index (χ1) is 9.15. The van der Waals surface area contributed by atoms with E-state index in [4.69, 9.17) is 0 Å². The SMILES string of the molecule is CC(C)CNCC1CCC(C)CC1Cc1ccsc1. The second kappa shape index (κ2) is 7.44. The van der Waals surface area contributed by atoms with Crippen LogP contribution in [-0.4, -0.2) is 13.1 Å². The molecule has 19 heavy (non-hydrogen) atoms. The summed E-state index contributed by atoms with van der Waals surface area (Å²) in [5, 5.41) is 8.23. The molecular weight excluding hydrogens is 250 g/mol. The third-order valence-corrected chi connectivity index (χ3v) is 5.17. The van der Waals surface area contributed by atoms with Gasteiger partial charge in [-0.25, -0.2) is 0 Å². The lowest BCUT2D eigenvalue weighted by Gasteiger charge is -2.35. The van der Waals surface area contributed by atoms with E-state index in [1.54, 1.807) is 5.56 Å². The topological polar surface area (TPSA) is 12.0 Å². The predicted octanol–water partition coefficient (Wildman–Crippen LogP) is 4.59. The monoisotopic (exact) mass is 279 g/mol. The molecule has 1 aromatic heterocycles. The molecule has 1 aliphatic carbocycles. The zero-order chi connectivity index (χ0) is 13.7. The van der Waals surface area contributed by atoms with Crippen LogP contribution < -0.4 is 5.32 Å². The third-order valence-electron chi connectivity index (χ3n) is 4.44. The first kappa shape index (κ1) is 15.1. The van der Waals surface area contributed by atoms with Gasteiger partial charge in [-0.3, -0.25) is 0 Å². The minimum Gasteiger partial charge on any atom is -0.316 e. The zero-order valence-electron chi connectivity index (χ0n) is 12.7. The largest absolute Gasteiger partial charge is 0.316 e. The Hall–Kier alpha value is -0.340. The average Bonchev–Trinajstić information content (AvgIpc) is 2.84. The van der Waals surface area contributed by atoms with Crippen molar-refractivity contribution >= 4 is 11.3 Å². The summed E-state index contributed by atoms with van der Waals surface area (Å²) in [5.74, 6) is 3.45. The Labute approximate surface area is 122 Å². The summed E-state index contributed by atoms with van der Waals surface area (Å²) in [6.07, 6.45) is 5.56. The van der Waals surface area contributed by atoms with Crippen molar-refractivity contribution in [1.82, 2.24) is 5.32 Å². The van der Waals surface area contributed by atoms with Gasteiger partial charge in [0.25, 0.3) is 0 Å². The van der Waals surface area contributed by atoms with Crippen LogP contribution in [0.15, 0.2) is 16.8 Å². The van der Waals surface area contributed by atoms with Crippen LogP contribution in [0.2, 0.25) is 0 Å². The van der Waals surface area contributed by atoms with E-state index in [1.807, 2.05) is 11.3 Å². The predicted molar refractivity (Wildman–Crippen MR) is 85.7 cm³/mol. The maximum Gasteiger partial charge on any atom is -0.00176 e. The Bertz CT molecular complexity index is 344. The fraction of sp³-hybridized carbons (Fsp3) is 0.765. The maximum atomic E-state index is 3.68. The van der Waals surface area contributed by atoms with Crippen LogP contribution in [0.1, 0.15) is 45.6 Å². The Morgan fingerprint density at radius 2 is 2.16 bits per heavy atom. The van der Waals surface area contributed by atoms with Gasteiger partial charge in [-0.05, 0) is 78.4 Å². The van der Waals surface area contributed by atoms with E-state index in [1.165, 1.54) is 32.2 Å². The molecular formula is C17H29NS. The molecule has 1 fully saturated rings. The molecule has 0 amide bonds. The van der Waals surface area contributed by atoms with Crippen molar-refractivity contribution in [3.63, 3.8) is 0 Å². The molecule has 2 rings (SSSR count). The van der Waals surface area contributed by atoms with Crippen LogP contribution in [0.5, 0.6) is 0 Å². The highest BCUT2D eigenvalue weighted by Gasteiger charge is 2.28. The van der Waals surface area contributed by atoms with Crippen molar-refractivity contribution < 1.29 is 0 Å². The quantitative estimate of drug-likeness (QED) is 0.803. The van der Waals surface area contributed by atoms with Gasteiger partial charge in [0.05, 0.1) is 0 Å². The van der Waals surface area contributed by atoms with Gasteiger partial charge in [0, 0.05) is 0 Å². The van der Waals surface area contributed by atoms with Crippen LogP contribution in [-0.2, 0) is 6.42 Å². The van der Waals surface area contributed by atoms with Gasteiger partial charge < -0.3 is 5.32 Å². The maximum absolute atomic E-state index is 3.68. The molecule has 1 nitrogen and oxygen atoms in total. The van der Waals surface area contributed by atoms with E-state index in [0.717, 1.165) is 30.2 Å². The zero-order valence-corrected chi connectivity index (χ0v) is 13.5. The summed E-state index contributed by atoms with van der Waals surface area (Å²) in [4.78, 5) is 0. The highest BCUT2D eigenvalue weighted by molar-refractivity contribution is 7.07. The highest BCUT2D eigenvalue weighted by Crippen LogP contribution is 2.35. The number of rotatable bonds is 6. The van der Waals surface area contributed by atoms with Crippen LogP contribution in [0.25, 0.3) is 0 Å². The van der Waals surface area contributed by atoms with Crippen molar-refractivity contribution in [3.8, 4) is 0 Å². The Morgan fingerprint density at radius 3 is 2.84 bits per heavy atom. The Morgan fingerprint density at radius 1 is 1.32 bits per heavy atom. The molecule has 1 aliphatic rings. The molecule has 1 heterocycles. The van der Waals surface area contributed by atoms with Crippen molar-refractivity contribution in [2.24, 2.45) is 23.7 Å². The molecule has 2 heteroatoms. The van der Waals surface area contributed by atoms with Crippen LogP contribution in [0.3, 0.4) is 0 Å². The first-order valence-corrected chi connectivity index (χ1v) is 8.81. The summed E-state index contributed by atoms with van der Waals surface area (Å²) < 4.78 is 0. The molecule has 0 spiro atoms. The van der Waals surface area contributed by atoms with Gasteiger partial charge in [-0.1, -0.05) is 27.2 Å². The highest BCUT2D eigenvalue weighted by atomic mass is 32.1. The van der Waals surface area contributed by atoms with Gasteiger partial charge in [0.2, 0.25) is 0 Å². The average molecular weight is 279 g/mol. The molecule has 0 aliphatic heterocycles. The summed E-state index contributed by atoms with van der Waals surface area (Å²) in [7, 11) is 0. The molecule has 3 atom stereocenters. The number of nitrogens with one attached hydrogen (secondary N) is 1. The molecule has 1 saturated carbocycles. The standard InChI is InChI=1S/C17H29NS/c1-13(2)10-18-11-16-5-4-14(3)8-17(16)9-15-6-7-19-12-15/h6-7,12-14,16-18H,4-5,8-11H2,1-3H3. The van der Waals surface area contributed by atoms with Gasteiger partial charge in [0.1, 0.15) is 0 Å². The van der Waals surface area contributed by atoms with E-state index in [2.05, 4.69) is 42.9 Å². The van der Waals surface area contributed by atoms with Crippen molar-refractivity contribution in [2.75, 3.05) is 13.1 Å². The fourth-order valence-electron chi connectivity index (χ4n) is 3.35. The Kier molecular flexibility index (Phi) is 5.90. The van der Waals surface area contributed by atoms with E-state index in [-0.39, 0.29) is 0 Å². The lowest BCUT2D eigenvalue weighted by atomic mass is 9.72. The van der Waals surface area contributed by atoms with Gasteiger partial charge >= 0.3 is 0 Å². The molecule has 0 bridgehead atoms. The van der Waals surface area contributed by atoms with Crippen molar-refractivity contribution in [2.45, 2.75) is 46.5 Å². The van der Waals surface area contributed by atoms with E-state index < -0.39 is 0 Å². The second-order valence-corrected chi connectivity index (χ2v) is 7.61. The van der Waals surface area contributed by atoms with Crippen LogP contribution in [0, 0.1) is 23.7 Å². The molecule has 0 saturated heterocycles. The molecule has 3 unspecified atom stereocenters. The third kappa shape index (κ3) is 4.92. The summed E-state index contributed by atoms with van der Waals surface area (Å²) in [6.45, 7) is 9.40. The minimum absolute atomic E-state index is 0.762. The molecule has 1 aromatic rings. The fourth-order valence-corrected chi connectivity index (χ4v) is 4.03. The van der Waals surface area contributed by atoms with E-state index >= 15 is 0 Å². The summed E-state index contributed by atoms with van der Waals surface area (Å²) in [6, 6.07) is 2.31. The summed E-state index contributed by atoms with van der Waals surface area (Å²) >= 11 is 1.84. The summed E-state index contributed by atoms with van der Waals surface area (Å²) in [5.41, 5.74) is 1.55. The van der Waals surface area contributed by atoms with Gasteiger partial charge in [0.15, 0.2) is 0 Å². The normalized spacial score (nSPS) is 27.9. The molecule has 0 radical (unpaired) electrons. The van der Waals surface area contributed by atoms with Crippen LogP contribution >= 0.6 is 11.3 Å². The Balaban J connectivity index is 1.87. The number of hydrogen-bond donors (Lipinski definition) is 1. The van der Waals surface area contributed by atoms with Gasteiger partial charge in [-0.2, -0.15) is 11.3 Å². The smallest absolute Gasteiger partial charge is 0.00176 e. The van der Waals surface area contributed by atoms with E-state index in [0.29, 0.717) is 0 Å². The lowest BCUT2D eigenvalue weighted by Crippen LogP contribution is -2.35. The molecule has 108 valence electrons. The lowest BCUT2D eigenvalue weighted by molar-refractivity contribution is 0.182.